The largest absolute Gasteiger partial charge is 0.443 e. The van der Waals surface area contributed by atoms with E-state index < -0.39 is 17.1 Å². The second kappa shape index (κ2) is 10.7. The molecule has 0 saturated carbocycles. The van der Waals surface area contributed by atoms with Gasteiger partial charge in [-0.1, -0.05) is 19.8 Å². The predicted molar refractivity (Wildman–Crippen MR) is 78.1 cm³/mol. The van der Waals surface area contributed by atoms with Crippen LogP contribution in [0, 0.1) is 0 Å². The summed E-state index contributed by atoms with van der Waals surface area (Å²) in [6, 6.07) is 0. The van der Waals surface area contributed by atoms with Crippen molar-refractivity contribution < 1.29 is 14.3 Å². The number of unbranched alkanes of at least 4 members (excludes halogenated alkanes) is 2. The van der Waals surface area contributed by atoms with Crippen LogP contribution in [0.5, 0.6) is 0 Å². The van der Waals surface area contributed by atoms with E-state index in [0.717, 1.165) is 24.3 Å². The maximum absolute atomic E-state index is 11.4. The van der Waals surface area contributed by atoms with E-state index in [0.29, 0.717) is 6.54 Å². The van der Waals surface area contributed by atoms with Crippen molar-refractivity contribution in [1.29, 1.82) is 0 Å². The van der Waals surface area contributed by atoms with E-state index in [-0.39, 0.29) is 0 Å². The number of nitrogens with zero attached hydrogens (tertiary/aromatic N) is 1. The summed E-state index contributed by atoms with van der Waals surface area (Å²) in [7, 11) is 0. The molecule has 5 nitrogen and oxygen atoms in total. The summed E-state index contributed by atoms with van der Waals surface area (Å²) in [4.78, 5) is 22.5. The third-order valence-electron chi connectivity index (χ3n) is 1.82. The molecule has 0 aliphatic heterocycles. The van der Waals surface area contributed by atoms with Crippen molar-refractivity contribution in [1.82, 2.24) is 10.4 Å². The van der Waals surface area contributed by atoms with E-state index >= 15 is 0 Å². The zero-order valence-corrected chi connectivity index (χ0v) is 13.0. The number of hydrazine groups is 1. The van der Waals surface area contributed by atoms with Crippen molar-refractivity contribution in [2.75, 3.05) is 6.54 Å². The van der Waals surface area contributed by atoms with Gasteiger partial charge in [0.2, 0.25) is 0 Å². The molecule has 2 amide bonds. The number of carbonyl (C=O) groups excluding carboxylic acids is 2. The van der Waals surface area contributed by atoms with Crippen LogP contribution in [0.4, 0.5) is 9.59 Å². The Labute approximate surface area is 120 Å². The SMILES string of the molecule is C=C.CCCCCN(NC(=O)OC(C)(C)C)C(=O)Cl. The molecule has 0 aliphatic rings. The van der Waals surface area contributed by atoms with E-state index in [2.05, 4.69) is 18.6 Å². The Balaban J connectivity index is 0. The van der Waals surface area contributed by atoms with Gasteiger partial charge >= 0.3 is 11.5 Å². The maximum atomic E-state index is 11.4. The summed E-state index contributed by atoms with van der Waals surface area (Å²) >= 11 is 5.35. The summed E-state index contributed by atoms with van der Waals surface area (Å²) < 4.78 is 5.02. The minimum atomic E-state index is -0.716. The quantitative estimate of drug-likeness (QED) is 0.279. The summed E-state index contributed by atoms with van der Waals surface area (Å²) in [6.45, 7) is 13.7. The molecule has 0 aromatic rings. The van der Waals surface area contributed by atoms with Crippen LogP contribution < -0.4 is 5.43 Å². The van der Waals surface area contributed by atoms with Crippen LogP contribution in [0.3, 0.4) is 0 Å². The zero-order valence-electron chi connectivity index (χ0n) is 12.3. The Morgan fingerprint density at radius 1 is 1.26 bits per heavy atom. The van der Waals surface area contributed by atoms with E-state index in [9.17, 15) is 9.59 Å². The van der Waals surface area contributed by atoms with Gasteiger partial charge < -0.3 is 4.74 Å². The number of ether oxygens (including phenoxy) is 1. The van der Waals surface area contributed by atoms with Crippen molar-refractivity contribution in [2.45, 2.75) is 52.6 Å². The van der Waals surface area contributed by atoms with Crippen molar-refractivity contribution >= 4 is 23.1 Å². The lowest BCUT2D eigenvalue weighted by Gasteiger charge is -2.24. The van der Waals surface area contributed by atoms with Crippen LogP contribution in [0.1, 0.15) is 47.0 Å². The topological polar surface area (TPSA) is 58.6 Å². The van der Waals surface area contributed by atoms with Gasteiger partial charge in [0.25, 0.3) is 0 Å². The van der Waals surface area contributed by atoms with Gasteiger partial charge in [-0.05, 0) is 38.8 Å². The predicted octanol–water partition coefficient (Wildman–Crippen LogP) is 4.08. The third-order valence-corrected chi connectivity index (χ3v) is 2.03. The molecule has 6 heteroatoms. The Morgan fingerprint density at radius 2 is 1.79 bits per heavy atom. The van der Waals surface area contributed by atoms with Crippen LogP contribution in [0.15, 0.2) is 13.2 Å². The molecule has 0 spiro atoms. The van der Waals surface area contributed by atoms with E-state index in [1.807, 2.05) is 6.92 Å². The molecule has 0 heterocycles. The first-order valence-electron chi connectivity index (χ1n) is 6.23. The van der Waals surface area contributed by atoms with Gasteiger partial charge in [0.05, 0.1) is 0 Å². The summed E-state index contributed by atoms with van der Waals surface area (Å²) in [5.41, 5.74) is 1.72. The highest BCUT2D eigenvalue weighted by Gasteiger charge is 2.19. The molecular weight excluding hydrogens is 268 g/mol. The van der Waals surface area contributed by atoms with E-state index in [4.69, 9.17) is 16.3 Å². The minimum Gasteiger partial charge on any atom is -0.443 e. The smallest absolute Gasteiger partial charge is 0.426 e. The number of halogens is 1. The molecule has 0 aliphatic carbocycles. The number of amides is 2. The van der Waals surface area contributed by atoms with Crippen LogP contribution >= 0.6 is 11.6 Å². The zero-order chi connectivity index (χ0) is 15.5. The van der Waals surface area contributed by atoms with E-state index in [1.54, 1.807) is 20.8 Å². The van der Waals surface area contributed by atoms with Gasteiger partial charge in [-0.3, -0.25) is 4.79 Å². The molecule has 0 radical (unpaired) electrons. The Hall–Kier alpha value is -1.23. The summed E-state index contributed by atoms with van der Waals surface area (Å²) in [5.74, 6) is 0. The minimum absolute atomic E-state index is 0.384. The lowest BCUT2D eigenvalue weighted by atomic mass is 10.2. The third kappa shape index (κ3) is 13.0. The molecule has 0 fully saturated rings. The molecule has 0 aromatic carbocycles. The fourth-order valence-electron chi connectivity index (χ4n) is 1.12. The lowest BCUT2D eigenvalue weighted by Crippen LogP contribution is -2.46. The van der Waals surface area contributed by atoms with Gasteiger partial charge in [-0.2, -0.15) is 0 Å². The van der Waals surface area contributed by atoms with Gasteiger partial charge in [-0.25, -0.2) is 15.2 Å². The number of hydrogen-bond donors (Lipinski definition) is 1. The summed E-state index contributed by atoms with van der Waals surface area (Å²) in [6.07, 6.45) is 2.10. The van der Waals surface area contributed by atoms with Crippen molar-refractivity contribution in [3.63, 3.8) is 0 Å². The molecule has 112 valence electrons. The highest BCUT2D eigenvalue weighted by Crippen LogP contribution is 2.07. The molecule has 1 N–H and O–H groups in total. The van der Waals surface area contributed by atoms with Gasteiger partial charge in [0, 0.05) is 6.54 Å². The highest BCUT2D eigenvalue weighted by molar-refractivity contribution is 6.62. The van der Waals surface area contributed by atoms with Gasteiger partial charge in [0.15, 0.2) is 0 Å². The highest BCUT2D eigenvalue weighted by atomic mass is 35.5. The van der Waals surface area contributed by atoms with Crippen molar-refractivity contribution in [3.05, 3.63) is 13.2 Å². The van der Waals surface area contributed by atoms with Crippen LogP contribution in [-0.2, 0) is 4.74 Å². The monoisotopic (exact) mass is 292 g/mol. The summed E-state index contributed by atoms with van der Waals surface area (Å²) in [5, 5.41) is 0.345. The average Bonchev–Trinajstić information content (AvgIpc) is 2.28. The normalized spacial score (nSPS) is 9.95. The van der Waals surface area contributed by atoms with Gasteiger partial charge in [0.1, 0.15) is 5.60 Å². The molecule has 0 saturated heterocycles. The number of rotatable bonds is 4. The molecular formula is C13H25ClN2O3. The van der Waals surface area contributed by atoms with Gasteiger partial charge in [-0.15, -0.1) is 13.2 Å². The Kier molecular flexibility index (Phi) is 11.3. The second-order valence-electron chi connectivity index (χ2n) is 4.73. The molecule has 0 rings (SSSR count). The first kappa shape index (κ1) is 20.1. The maximum Gasteiger partial charge on any atom is 0.426 e. The number of nitrogens with one attached hydrogen (secondary N) is 1. The lowest BCUT2D eigenvalue weighted by molar-refractivity contribution is 0.0392. The second-order valence-corrected chi connectivity index (χ2v) is 5.05. The standard InChI is InChI=1S/C11H21ClN2O3.C2H4/c1-5-6-7-8-14(9(12)15)13-10(16)17-11(2,3)4;1-2/h5-8H2,1-4H3,(H,13,16);1-2H2. The van der Waals surface area contributed by atoms with E-state index in [1.165, 1.54) is 0 Å². The number of carbonyl (C=O) groups is 2. The van der Waals surface area contributed by atoms with Crippen molar-refractivity contribution in [3.8, 4) is 0 Å². The van der Waals surface area contributed by atoms with Crippen LogP contribution in [0.25, 0.3) is 0 Å². The Morgan fingerprint density at radius 3 is 2.16 bits per heavy atom. The molecule has 0 aromatic heterocycles. The van der Waals surface area contributed by atoms with Crippen LogP contribution in [0.2, 0.25) is 0 Å². The Bertz CT molecular complexity index is 278. The molecule has 19 heavy (non-hydrogen) atoms. The van der Waals surface area contributed by atoms with Crippen LogP contribution in [-0.4, -0.2) is 28.6 Å². The molecule has 0 bridgehead atoms. The first-order valence-corrected chi connectivity index (χ1v) is 6.60. The average molecular weight is 293 g/mol. The molecule has 0 unspecified atom stereocenters. The molecule has 0 atom stereocenters. The fraction of sp³-hybridized carbons (Fsp3) is 0.692. The number of hydrogen-bond acceptors (Lipinski definition) is 3. The van der Waals surface area contributed by atoms with Crippen molar-refractivity contribution in [2.24, 2.45) is 0 Å². The fourth-order valence-corrected chi connectivity index (χ4v) is 1.25. The first-order chi connectivity index (χ1) is 8.76.